The topological polar surface area (TPSA) is 65.1 Å². The first kappa shape index (κ1) is 14.1. The average Bonchev–Trinajstić information content (AvgIpc) is 2.83. The number of carbonyl (C=O) groups is 1. The predicted octanol–water partition coefficient (Wildman–Crippen LogP) is 3.24. The lowest BCUT2D eigenvalue weighted by Crippen LogP contribution is -2.43. The lowest BCUT2D eigenvalue weighted by Gasteiger charge is -2.28. The minimum Gasteiger partial charge on any atom is -0.480 e. The SMILES string of the molecule is CC(C)C(NC1CCCc2c1[nH]c1ccccc21)C(=O)O. The van der Waals surface area contributed by atoms with Crippen molar-refractivity contribution >= 4 is 16.9 Å². The number of hydrogen-bond donors (Lipinski definition) is 3. The second kappa shape index (κ2) is 5.53. The molecule has 0 aliphatic heterocycles. The summed E-state index contributed by atoms with van der Waals surface area (Å²) in [6.45, 7) is 3.89. The summed E-state index contributed by atoms with van der Waals surface area (Å²) in [7, 11) is 0. The molecular weight excluding hydrogens is 264 g/mol. The fraction of sp³-hybridized carbons (Fsp3) is 0.471. The normalized spacial score (nSPS) is 19.7. The minimum absolute atomic E-state index is 0.0669. The molecule has 4 heteroatoms. The number of rotatable bonds is 4. The molecule has 2 atom stereocenters. The van der Waals surface area contributed by atoms with Crippen molar-refractivity contribution in [3.63, 3.8) is 0 Å². The summed E-state index contributed by atoms with van der Waals surface area (Å²) in [6, 6.07) is 7.91. The van der Waals surface area contributed by atoms with E-state index in [1.54, 1.807) is 0 Å². The first-order valence-corrected chi connectivity index (χ1v) is 7.66. The van der Waals surface area contributed by atoms with Crippen molar-refractivity contribution in [3.05, 3.63) is 35.5 Å². The maximum Gasteiger partial charge on any atom is 0.320 e. The molecule has 112 valence electrons. The highest BCUT2D eigenvalue weighted by Crippen LogP contribution is 2.35. The Labute approximate surface area is 124 Å². The molecule has 1 aliphatic carbocycles. The van der Waals surface area contributed by atoms with Gasteiger partial charge in [-0.2, -0.15) is 0 Å². The van der Waals surface area contributed by atoms with Crippen LogP contribution in [-0.2, 0) is 11.2 Å². The number of aliphatic carboxylic acids is 1. The Kier molecular flexibility index (Phi) is 3.72. The molecule has 0 bridgehead atoms. The number of carboxylic acid groups (broad SMARTS) is 1. The Hall–Kier alpha value is -1.81. The molecule has 1 aliphatic rings. The predicted molar refractivity (Wildman–Crippen MR) is 83.4 cm³/mol. The second-order valence-electron chi connectivity index (χ2n) is 6.23. The van der Waals surface area contributed by atoms with Gasteiger partial charge in [-0.25, -0.2) is 0 Å². The second-order valence-corrected chi connectivity index (χ2v) is 6.23. The van der Waals surface area contributed by atoms with Crippen LogP contribution in [0.25, 0.3) is 10.9 Å². The van der Waals surface area contributed by atoms with E-state index in [1.165, 1.54) is 16.6 Å². The Balaban J connectivity index is 1.95. The minimum atomic E-state index is -0.770. The van der Waals surface area contributed by atoms with Crippen LogP contribution >= 0.6 is 0 Å². The summed E-state index contributed by atoms with van der Waals surface area (Å²) in [4.78, 5) is 14.9. The van der Waals surface area contributed by atoms with Gasteiger partial charge in [-0.3, -0.25) is 10.1 Å². The molecule has 2 aromatic rings. The maximum absolute atomic E-state index is 11.4. The number of para-hydroxylation sites is 1. The van der Waals surface area contributed by atoms with Gasteiger partial charge in [0, 0.05) is 22.6 Å². The smallest absolute Gasteiger partial charge is 0.320 e. The molecule has 4 nitrogen and oxygen atoms in total. The van der Waals surface area contributed by atoms with Crippen molar-refractivity contribution in [3.8, 4) is 0 Å². The van der Waals surface area contributed by atoms with E-state index in [9.17, 15) is 9.90 Å². The van der Waals surface area contributed by atoms with Gasteiger partial charge >= 0.3 is 5.97 Å². The molecule has 0 saturated heterocycles. The highest BCUT2D eigenvalue weighted by atomic mass is 16.4. The quantitative estimate of drug-likeness (QED) is 0.808. The molecule has 1 aromatic heterocycles. The van der Waals surface area contributed by atoms with Gasteiger partial charge in [-0.1, -0.05) is 32.0 Å². The van der Waals surface area contributed by atoms with Crippen molar-refractivity contribution in [1.82, 2.24) is 10.3 Å². The summed E-state index contributed by atoms with van der Waals surface area (Å²) >= 11 is 0. The third-order valence-corrected chi connectivity index (χ3v) is 4.43. The van der Waals surface area contributed by atoms with Crippen molar-refractivity contribution in [2.24, 2.45) is 5.92 Å². The maximum atomic E-state index is 11.4. The lowest BCUT2D eigenvalue weighted by molar-refractivity contribution is -0.141. The van der Waals surface area contributed by atoms with E-state index in [1.807, 2.05) is 19.9 Å². The van der Waals surface area contributed by atoms with Crippen molar-refractivity contribution in [2.75, 3.05) is 0 Å². The van der Waals surface area contributed by atoms with E-state index < -0.39 is 12.0 Å². The van der Waals surface area contributed by atoms with Crippen LogP contribution in [0.4, 0.5) is 0 Å². The molecule has 3 rings (SSSR count). The average molecular weight is 286 g/mol. The molecule has 0 spiro atoms. The molecule has 3 N–H and O–H groups in total. The Morgan fingerprint density at radius 2 is 2.14 bits per heavy atom. The molecule has 0 amide bonds. The summed E-state index contributed by atoms with van der Waals surface area (Å²) in [5.41, 5.74) is 3.67. The van der Waals surface area contributed by atoms with Gasteiger partial charge in [-0.15, -0.1) is 0 Å². The third kappa shape index (κ3) is 2.56. The van der Waals surface area contributed by atoms with Crippen LogP contribution in [0.5, 0.6) is 0 Å². The van der Waals surface area contributed by atoms with Crippen LogP contribution in [0.3, 0.4) is 0 Å². The lowest BCUT2D eigenvalue weighted by atomic mass is 9.90. The Morgan fingerprint density at radius 3 is 2.86 bits per heavy atom. The van der Waals surface area contributed by atoms with E-state index in [2.05, 4.69) is 28.5 Å². The summed E-state index contributed by atoms with van der Waals surface area (Å²) in [5.74, 6) is -0.703. The van der Waals surface area contributed by atoms with Crippen LogP contribution < -0.4 is 5.32 Å². The molecule has 0 saturated carbocycles. The fourth-order valence-electron chi connectivity index (χ4n) is 3.35. The third-order valence-electron chi connectivity index (χ3n) is 4.43. The van der Waals surface area contributed by atoms with E-state index in [4.69, 9.17) is 0 Å². The first-order chi connectivity index (χ1) is 10.1. The van der Waals surface area contributed by atoms with Gasteiger partial charge in [0.2, 0.25) is 0 Å². The van der Waals surface area contributed by atoms with Crippen molar-refractivity contribution < 1.29 is 9.90 Å². The van der Waals surface area contributed by atoms with Gasteiger partial charge in [0.1, 0.15) is 6.04 Å². The number of H-pyrrole nitrogens is 1. The highest BCUT2D eigenvalue weighted by Gasteiger charge is 2.29. The number of carboxylic acids is 1. The Morgan fingerprint density at radius 1 is 1.38 bits per heavy atom. The van der Waals surface area contributed by atoms with Gasteiger partial charge in [0.15, 0.2) is 0 Å². The van der Waals surface area contributed by atoms with Crippen LogP contribution in [0, 0.1) is 5.92 Å². The number of nitrogens with one attached hydrogen (secondary N) is 2. The fourth-order valence-corrected chi connectivity index (χ4v) is 3.35. The van der Waals surface area contributed by atoms with Crippen LogP contribution in [-0.4, -0.2) is 22.1 Å². The summed E-state index contributed by atoms with van der Waals surface area (Å²) < 4.78 is 0. The van der Waals surface area contributed by atoms with Crippen LogP contribution in [0.2, 0.25) is 0 Å². The summed E-state index contributed by atoms with van der Waals surface area (Å²) in [6.07, 6.45) is 3.14. The molecule has 0 radical (unpaired) electrons. The van der Waals surface area contributed by atoms with E-state index >= 15 is 0 Å². The van der Waals surface area contributed by atoms with E-state index in [-0.39, 0.29) is 12.0 Å². The number of aryl methyl sites for hydroxylation is 1. The number of fused-ring (bicyclic) bond motifs is 3. The van der Waals surface area contributed by atoms with Gasteiger partial charge in [-0.05, 0) is 36.8 Å². The number of aromatic nitrogens is 1. The molecule has 21 heavy (non-hydrogen) atoms. The molecule has 1 heterocycles. The van der Waals surface area contributed by atoms with Crippen LogP contribution in [0.15, 0.2) is 24.3 Å². The van der Waals surface area contributed by atoms with Gasteiger partial charge in [0.25, 0.3) is 0 Å². The van der Waals surface area contributed by atoms with Crippen molar-refractivity contribution in [1.29, 1.82) is 0 Å². The molecule has 1 aromatic carbocycles. The number of benzene rings is 1. The van der Waals surface area contributed by atoms with Gasteiger partial charge in [0.05, 0.1) is 0 Å². The monoisotopic (exact) mass is 286 g/mol. The largest absolute Gasteiger partial charge is 0.480 e. The standard InChI is InChI=1S/C17H22N2O2/c1-10(2)15(17(20)21)19-14-9-5-7-12-11-6-3-4-8-13(11)18-16(12)14/h3-4,6,8,10,14-15,18-19H,5,7,9H2,1-2H3,(H,20,21). The van der Waals surface area contributed by atoms with E-state index in [0.717, 1.165) is 24.8 Å². The van der Waals surface area contributed by atoms with Crippen molar-refractivity contribution in [2.45, 2.75) is 45.2 Å². The zero-order chi connectivity index (χ0) is 15.0. The van der Waals surface area contributed by atoms with Crippen LogP contribution in [0.1, 0.15) is 44.0 Å². The zero-order valence-electron chi connectivity index (χ0n) is 12.5. The van der Waals surface area contributed by atoms with Gasteiger partial charge < -0.3 is 10.1 Å². The Bertz CT molecular complexity index is 660. The molecule has 0 fully saturated rings. The number of aromatic amines is 1. The first-order valence-electron chi connectivity index (χ1n) is 7.66. The van der Waals surface area contributed by atoms with E-state index in [0.29, 0.717) is 0 Å². The zero-order valence-corrected chi connectivity index (χ0v) is 12.5. The highest BCUT2D eigenvalue weighted by molar-refractivity contribution is 5.85. The molecule has 2 unspecified atom stereocenters. The molecular formula is C17H22N2O2. The number of hydrogen-bond acceptors (Lipinski definition) is 2. The summed E-state index contributed by atoms with van der Waals surface area (Å²) in [5, 5.41) is 14.0.